The van der Waals surface area contributed by atoms with Crippen LogP contribution in [0.4, 0.5) is 0 Å². The molecule has 1 aliphatic rings. The van der Waals surface area contributed by atoms with E-state index in [2.05, 4.69) is 23.2 Å². The van der Waals surface area contributed by atoms with Crippen molar-refractivity contribution in [2.75, 3.05) is 19.6 Å². The molecular weight excluding hydrogens is 198 g/mol. The lowest BCUT2D eigenvalue weighted by Gasteiger charge is -2.33. The highest BCUT2D eigenvalue weighted by Gasteiger charge is 2.17. The highest BCUT2D eigenvalue weighted by Crippen LogP contribution is 2.10. The molecule has 0 spiro atoms. The van der Waals surface area contributed by atoms with Crippen LogP contribution in [0.1, 0.15) is 18.1 Å². The predicted molar refractivity (Wildman–Crippen MR) is 63.9 cm³/mol. The van der Waals surface area contributed by atoms with Gasteiger partial charge in [0.05, 0.1) is 11.6 Å². The van der Waals surface area contributed by atoms with E-state index in [1.165, 1.54) is 5.56 Å². The quantitative estimate of drug-likeness (QED) is 0.809. The highest BCUT2D eigenvalue weighted by atomic mass is 15.2. The number of nitrogens with zero attached hydrogens (tertiary/aromatic N) is 2. The maximum Gasteiger partial charge on any atom is 0.0991 e. The molecule has 2 rings (SSSR count). The first kappa shape index (κ1) is 11.1. The van der Waals surface area contributed by atoms with Gasteiger partial charge in [-0.05, 0) is 24.6 Å². The number of nitriles is 1. The molecule has 1 atom stereocenters. The molecule has 3 nitrogen and oxygen atoms in total. The molecule has 1 saturated heterocycles. The molecule has 0 aromatic heterocycles. The second-order valence-electron chi connectivity index (χ2n) is 4.33. The van der Waals surface area contributed by atoms with Gasteiger partial charge in [-0.1, -0.05) is 12.1 Å². The van der Waals surface area contributed by atoms with Crippen LogP contribution in [0.2, 0.25) is 0 Å². The number of piperazine rings is 1. The van der Waals surface area contributed by atoms with E-state index in [9.17, 15) is 0 Å². The first-order valence-electron chi connectivity index (χ1n) is 5.73. The predicted octanol–water partition coefficient (Wildman–Crippen LogP) is 1.35. The maximum absolute atomic E-state index is 8.72. The first-order chi connectivity index (χ1) is 7.79. The standard InChI is InChI=1S/C13H17N3/c1-11-9-15-6-7-16(11)10-13-4-2-12(8-14)3-5-13/h2-5,11,15H,6-7,9-10H2,1H3. The summed E-state index contributed by atoms with van der Waals surface area (Å²) in [5.74, 6) is 0. The monoisotopic (exact) mass is 215 g/mol. The number of hydrogen-bond acceptors (Lipinski definition) is 3. The number of hydrogen-bond donors (Lipinski definition) is 1. The zero-order valence-electron chi connectivity index (χ0n) is 9.61. The van der Waals surface area contributed by atoms with E-state index in [0.717, 1.165) is 31.7 Å². The lowest BCUT2D eigenvalue weighted by atomic mass is 10.1. The fourth-order valence-corrected chi connectivity index (χ4v) is 2.04. The summed E-state index contributed by atoms with van der Waals surface area (Å²) >= 11 is 0. The average Bonchev–Trinajstić information content (AvgIpc) is 2.33. The van der Waals surface area contributed by atoms with E-state index in [4.69, 9.17) is 5.26 Å². The van der Waals surface area contributed by atoms with Crippen molar-refractivity contribution in [2.24, 2.45) is 0 Å². The Hall–Kier alpha value is -1.37. The Bertz CT molecular complexity index is 377. The molecule has 1 aromatic carbocycles. The van der Waals surface area contributed by atoms with Crippen molar-refractivity contribution in [1.82, 2.24) is 10.2 Å². The second-order valence-corrected chi connectivity index (χ2v) is 4.33. The highest BCUT2D eigenvalue weighted by molar-refractivity contribution is 5.31. The lowest BCUT2D eigenvalue weighted by molar-refractivity contribution is 0.165. The minimum atomic E-state index is 0.587. The van der Waals surface area contributed by atoms with Gasteiger partial charge >= 0.3 is 0 Å². The van der Waals surface area contributed by atoms with Crippen LogP contribution >= 0.6 is 0 Å². The largest absolute Gasteiger partial charge is 0.314 e. The molecule has 3 heteroatoms. The molecule has 1 aromatic rings. The molecule has 84 valence electrons. The Kier molecular flexibility index (Phi) is 3.55. The van der Waals surface area contributed by atoms with Crippen LogP contribution in [-0.4, -0.2) is 30.6 Å². The summed E-state index contributed by atoms with van der Waals surface area (Å²) in [6, 6.07) is 10.6. The van der Waals surface area contributed by atoms with Crippen LogP contribution in [0.15, 0.2) is 24.3 Å². The molecule has 16 heavy (non-hydrogen) atoms. The maximum atomic E-state index is 8.72. The van der Waals surface area contributed by atoms with Crippen LogP contribution in [-0.2, 0) is 6.54 Å². The molecule has 1 fully saturated rings. The fourth-order valence-electron chi connectivity index (χ4n) is 2.04. The summed E-state index contributed by atoms with van der Waals surface area (Å²) in [5, 5.41) is 12.1. The Morgan fingerprint density at radius 2 is 2.19 bits per heavy atom. The van der Waals surface area contributed by atoms with Crippen molar-refractivity contribution in [3.8, 4) is 6.07 Å². The molecule has 1 N–H and O–H groups in total. The smallest absolute Gasteiger partial charge is 0.0991 e. The Morgan fingerprint density at radius 3 is 2.81 bits per heavy atom. The summed E-state index contributed by atoms with van der Waals surface area (Å²) in [6.07, 6.45) is 0. The Morgan fingerprint density at radius 1 is 1.44 bits per heavy atom. The minimum absolute atomic E-state index is 0.587. The van der Waals surface area contributed by atoms with Crippen LogP contribution in [0.5, 0.6) is 0 Å². The average molecular weight is 215 g/mol. The molecule has 1 unspecified atom stereocenters. The first-order valence-corrected chi connectivity index (χ1v) is 5.73. The van der Waals surface area contributed by atoms with Crippen LogP contribution in [0, 0.1) is 11.3 Å². The van der Waals surface area contributed by atoms with E-state index in [1.54, 1.807) is 0 Å². The molecule has 0 amide bonds. The van der Waals surface area contributed by atoms with E-state index in [0.29, 0.717) is 6.04 Å². The zero-order valence-corrected chi connectivity index (χ0v) is 9.61. The number of rotatable bonds is 2. The lowest BCUT2D eigenvalue weighted by Crippen LogP contribution is -2.49. The third-order valence-electron chi connectivity index (χ3n) is 3.11. The summed E-state index contributed by atoms with van der Waals surface area (Å²) in [4.78, 5) is 2.47. The molecule has 0 bridgehead atoms. The third-order valence-corrected chi connectivity index (χ3v) is 3.11. The van der Waals surface area contributed by atoms with Crippen molar-refractivity contribution >= 4 is 0 Å². The van der Waals surface area contributed by atoms with Gasteiger partial charge in [0.15, 0.2) is 0 Å². The summed E-state index contributed by atoms with van der Waals surface area (Å²) < 4.78 is 0. The minimum Gasteiger partial charge on any atom is -0.314 e. The zero-order chi connectivity index (χ0) is 11.4. The van der Waals surface area contributed by atoms with Gasteiger partial charge in [0.25, 0.3) is 0 Å². The van der Waals surface area contributed by atoms with Gasteiger partial charge in [-0.25, -0.2) is 0 Å². The normalized spacial score (nSPS) is 21.6. The molecule has 0 aliphatic carbocycles. The molecule has 1 heterocycles. The van der Waals surface area contributed by atoms with E-state index >= 15 is 0 Å². The fraction of sp³-hybridized carbons (Fsp3) is 0.462. The number of nitrogens with one attached hydrogen (secondary N) is 1. The van der Waals surface area contributed by atoms with Crippen molar-refractivity contribution in [2.45, 2.75) is 19.5 Å². The molecular formula is C13H17N3. The third kappa shape index (κ3) is 2.60. The molecule has 1 aliphatic heterocycles. The van der Waals surface area contributed by atoms with E-state index in [-0.39, 0.29) is 0 Å². The van der Waals surface area contributed by atoms with Gasteiger partial charge in [0, 0.05) is 32.2 Å². The Balaban J connectivity index is 2.00. The van der Waals surface area contributed by atoms with E-state index < -0.39 is 0 Å². The summed E-state index contributed by atoms with van der Waals surface area (Å²) in [7, 11) is 0. The number of benzene rings is 1. The summed E-state index contributed by atoms with van der Waals surface area (Å²) in [6.45, 7) is 6.46. The Labute approximate surface area is 96.7 Å². The topological polar surface area (TPSA) is 39.1 Å². The van der Waals surface area contributed by atoms with Crippen LogP contribution in [0.25, 0.3) is 0 Å². The van der Waals surface area contributed by atoms with Crippen molar-refractivity contribution in [3.05, 3.63) is 35.4 Å². The van der Waals surface area contributed by atoms with Gasteiger partial charge in [0.2, 0.25) is 0 Å². The van der Waals surface area contributed by atoms with E-state index in [1.807, 2.05) is 24.3 Å². The SMILES string of the molecule is CC1CNCCN1Cc1ccc(C#N)cc1. The molecule has 0 saturated carbocycles. The van der Waals surface area contributed by atoms with Gasteiger partial charge in [-0.2, -0.15) is 5.26 Å². The van der Waals surface area contributed by atoms with Gasteiger partial charge in [-0.15, -0.1) is 0 Å². The van der Waals surface area contributed by atoms with Gasteiger partial charge < -0.3 is 5.32 Å². The van der Waals surface area contributed by atoms with Crippen molar-refractivity contribution in [3.63, 3.8) is 0 Å². The molecule has 0 radical (unpaired) electrons. The van der Waals surface area contributed by atoms with Gasteiger partial charge in [0.1, 0.15) is 0 Å². The van der Waals surface area contributed by atoms with Crippen molar-refractivity contribution in [1.29, 1.82) is 5.26 Å². The van der Waals surface area contributed by atoms with Crippen LogP contribution in [0.3, 0.4) is 0 Å². The second kappa shape index (κ2) is 5.11. The van der Waals surface area contributed by atoms with Crippen LogP contribution < -0.4 is 5.32 Å². The van der Waals surface area contributed by atoms with Crippen molar-refractivity contribution < 1.29 is 0 Å². The van der Waals surface area contributed by atoms with Gasteiger partial charge in [-0.3, -0.25) is 4.90 Å². The summed E-state index contributed by atoms with van der Waals surface area (Å²) in [5.41, 5.74) is 2.02.